The lowest BCUT2D eigenvalue weighted by Gasteiger charge is -2.32. The van der Waals surface area contributed by atoms with Crippen LogP contribution in [0.3, 0.4) is 0 Å². The number of nitrogens with one attached hydrogen (secondary N) is 1. The van der Waals surface area contributed by atoms with Gasteiger partial charge in [0.25, 0.3) is 5.92 Å². The van der Waals surface area contributed by atoms with E-state index in [0.29, 0.717) is 28.8 Å². The number of likely N-dealkylation sites (tertiary alicyclic amines) is 1. The summed E-state index contributed by atoms with van der Waals surface area (Å²) in [5.74, 6) is 4.33. The van der Waals surface area contributed by atoms with Crippen LogP contribution in [0.1, 0.15) is 31.2 Å². The molecule has 2 aliphatic rings. The second-order valence-corrected chi connectivity index (χ2v) is 10.2. The highest BCUT2D eigenvalue weighted by atomic mass is 32.2. The third-order valence-electron chi connectivity index (χ3n) is 5.79. The van der Waals surface area contributed by atoms with Crippen molar-refractivity contribution in [3.8, 4) is 17.6 Å². The topological polar surface area (TPSA) is 87.7 Å². The van der Waals surface area contributed by atoms with Crippen LogP contribution in [0, 0.1) is 11.8 Å². The first-order chi connectivity index (χ1) is 15.6. The maximum Gasteiger partial charge on any atom is 0.251 e. The lowest BCUT2D eigenvalue weighted by molar-refractivity contribution is -0.0222. The van der Waals surface area contributed by atoms with E-state index in [9.17, 15) is 17.2 Å². The molecule has 2 fully saturated rings. The van der Waals surface area contributed by atoms with Gasteiger partial charge in [-0.05, 0) is 38.1 Å². The van der Waals surface area contributed by atoms with Crippen molar-refractivity contribution in [3.05, 3.63) is 17.7 Å². The summed E-state index contributed by atoms with van der Waals surface area (Å²) in [5.41, 5.74) is 1.07. The molecular weight excluding hydrogens is 452 g/mol. The number of sulfonamides is 1. The van der Waals surface area contributed by atoms with Crippen molar-refractivity contribution < 1.29 is 21.9 Å². The molecule has 8 nitrogen and oxygen atoms in total. The Bertz CT molecular complexity index is 1190. The molecule has 0 atom stereocenters. The quantitative estimate of drug-likeness (QED) is 0.660. The van der Waals surface area contributed by atoms with E-state index in [2.05, 4.69) is 31.4 Å². The zero-order valence-electron chi connectivity index (χ0n) is 18.7. The van der Waals surface area contributed by atoms with Crippen molar-refractivity contribution in [2.75, 3.05) is 55.7 Å². The minimum Gasteiger partial charge on any atom is -0.495 e. The predicted octanol–water partition coefficient (Wildman–Crippen LogP) is 2.69. The third-order valence-corrected chi connectivity index (χ3v) is 6.35. The number of halogens is 2. The van der Waals surface area contributed by atoms with Gasteiger partial charge in [0.1, 0.15) is 5.75 Å². The Labute approximate surface area is 192 Å². The molecule has 3 heterocycles. The van der Waals surface area contributed by atoms with Crippen molar-refractivity contribution in [1.29, 1.82) is 0 Å². The number of benzene rings is 1. The maximum atomic E-state index is 13.6. The molecule has 0 radical (unpaired) electrons. The van der Waals surface area contributed by atoms with Gasteiger partial charge in [-0.3, -0.25) is 9.62 Å². The second kappa shape index (κ2) is 9.27. The van der Waals surface area contributed by atoms with E-state index < -0.39 is 15.9 Å². The lowest BCUT2D eigenvalue weighted by atomic mass is 10.1. The van der Waals surface area contributed by atoms with E-state index in [1.54, 1.807) is 17.0 Å². The molecule has 0 aliphatic carbocycles. The van der Waals surface area contributed by atoms with Crippen LogP contribution in [0.25, 0.3) is 10.9 Å². The zero-order chi connectivity index (χ0) is 23.6. The first kappa shape index (κ1) is 23.4. The van der Waals surface area contributed by atoms with E-state index in [0.717, 1.165) is 19.3 Å². The summed E-state index contributed by atoms with van der Waals surface area (Å²) in [4.78, 5) is 12.8. The fourth-order valence-electron chi connectivity index (χ4n) is 4.03. The Morgan fingerprint density at radius 2 is 1.85 bits per heavy atom. The number of anilines is 2. The number of hydrogen-bond acceptors (Lipinski definition) is 7. The van der Waals surface area contributed by atoms with Crippen molar-refractivity contribution in [1.82, 2.24) is 14.9 Å². The molecule has 33 heavy (non-hydrogen) atoms. The molecular formula is C22H27F2N5O3S. The van der Waals surface area contributed by atoms with Gasteiger partial charge >= 0.3 is 0 Å². The minimum atomic E-state index is -3.64. The fraction of sp³-hybridized carbons (Fsp3) is 0.545. The molecule has 1 N–H and O–H groups in total. The van der Waals surface area contributed by atoms with Crippen LogP contribution in [0.4, 0.5) is 20.5 Å². The Balaban J connectivity index is 1.74. The number of nitrogens with zero attached hydrogens (tertiary/aromatic N) is 4. The molecule has 178 valence electrons. The molecule has 0 unspecified atom stereocenters. The molecule has 2 aromatic rings. The van der Waals surface area contributed by atoms with Crippen molar-refractivity contribution in [2.45, 2.75) is 31.6 Å². The smallest absolute Gasteiger partial charge is 0.251 e. The minimum absolute atomic E-state index is 0.0738. The number of piperidine rings is 1. The summed E-state index contributed by atoms with van der Waals surface area (Å²) >= 11 is 0. The van der Waals surface area contributed by atoms with E-state index in [-0.39, 0.29) is 37.7 Å². The number of rotatable bonds is 5. The van der Waals surface area contributed by atoms with Crippen LogP contribution in [0.5, 0.6) is 5.75 Å². The molecule has 4 rings (SSSR count). The molecule has 1 aromatic carbocycles. The summed E-state index contributed by atoms with van der Waals surface area (Å²) < 4.78 is 59.1. The Hall–Kier alpha value is -2.71. The predicted molar refractivity (Wildman–Crippen MR) is 124 cm³/mol. The molecule has 0 saturated carbocycles. The number of hydrogen-bond donors (Lipinski definition) is 1. The van der Waals surface area contributed by atoms with Crippen LogP contribution in [-0.4, -0.2) is 75.3 Å². The van der Waals surface area contributed by atoms with Gasteiger partial charge in [0.15, 0.2) is 5.82 Å². The molecule has 0 amide bonds. The van der Waals surface area contributed by atoms with Gasteiger partial charge in [-0.1, -0.05) is 11.8 Å². The van der Waals surface area contributed by atoms with E-state index >= 15 is 0 Å². The van der Waals surface area contributed by atoms with Gasteiger partial charge in [0.2, 0.25) is 16.0 Å². The molecule has 0 spiro atoms. The van der Waals surface area contributed by atoms with Gasteiger partial charge < -0.3 is 9.64 Å². The average molecular weight is 480 g/mol. The highest BCUT2D eigenvalue weighted by Crippen LogP contribution is 2.33. The normalized spacial score (nSPS) is 18.7. The van der Waals surface area contributed by atoms with Crippen LogP contribution in [0.2, 0.25) is 0 Å². The van der Waals surface area contributed by atoms with Crippen LogP contribution < -0.4 is 14.4 Å². The summed E-state index contributed by atoms with van der Waals surface area (Å²) in [6.07, 6.45) is 2.77. The van der Waals surface area contributed by atoms with E-state index in [1.807, 2.05) is 0 Å². The third kappa shape index (κ3) is 5.81. The fourth-order valence-corrected chi connectivity index (χ4v) is 4.53. The number of methoxy groups -OCH3 is 1. The van der Waals surface area contributed by atoms with Gasteiger partial charge in [0, 0.05) is 31.3 Å². The molecule has 0 bridgehead atoms. The van der Waals surface area contributed by atoms with Crippen LogP contribution in [-0.2, 0) is 10.0 Å². The van der Waals surface area contributed by atoms with E-state index in [4.69, 9.17) is 4.74 Å². The first-order valence-corrected chi connectivity index (χ1v) is 12.7. The SMILES string of the molecule is COc1cc2c(NS(C)(=O)=O)nc(N3CCC(F)(F)CC3)nc2cc1C#CCN1CCCC1. The number of aromatic nitrogens is 2. The molecule has 2 aliphatic heterocycles. The Kier molecular flexibility index (Phi) is 6.59. The van der Waals surface area contributed by atoms with Gasteiger partial charge in [-0.25, -0.2) is 22.2 Å². The molecule has 1 aromatic heterocycles. The number of ether oxygens (including phenoxy) is 1. The average Bonchev–Trinajstić information content (AvgIpc) is 3.25. The highest BCUT2D eigenvalue weighted by Gasteiger charge is 2.35. The Morgan fingerprint density at radius 1 is 1.15 bits per heavy atom. The first-order valence-electron chi connectivity index (χ1n) is 10.9. The number of alkyl halides is 2. The Morgan fingerprint density at radius 3 is 2.48 bits per heavy atom. The van der Waals surface area contributed by atoms with Crippen molar-refractivity contribution in [3.63, 3.8) is 0 Å². The highest BCUT2D eigenvalue weighted by molar-refractivity contribution is 7.92. The molecule has 11 heteroatoms. The summed E-state index contributed by atoms with van der Waals surface area (Å²) in [7, 11) is -2.13. The standard InChI is InChI=1S/C22H27F2N5O3S/c1-32-19-15-17-18(14-16(19)6-5-11-28-9-3-4-10-28)25-21(26-20(17)27-33(2,30)31)29-12-7-22(23,24)8-13-29/h14-15H,3-4,7-13H2,1-2H3,(H,25,26,27). The monoisotopic (exact) mass is 479 g/mol. The van der Waals surface area contributed by atoms with Crippen LogP contribution in [0.15, 0.2) is 12.1 Å². The zero-order valence-corrected chi connectivity index (χ0v) is 19.5. The van der Waals surface area contributed by atoms with E-state index in [1.165, 1.54) is 20.0 Å². The number of fused-ring (bicyclic) bond motifs is 1. The summed E-state index contributed by atoms with van der Waals surface area (Å²) in [5, 5.41) is 0.438. The maximum absolute atomic E-state index is 13.6. The summed E-state index contributed by atoms with van der Waals surface area (Å²) in [6, 6.07) is 3.37. The largest absolute Gasteiger partial charge is 0.495 e. The van der Waals surface area contributed by atoms with Crippen molar-refractivity contribution >= 4 is 32.7 Å². The van der Waals surface area contributed by atoms with Crippen molar-refractivity contribution in [2.24, 2.45) is 0 Å². The summed E-state index contributed by atoms with van der Waals surface area (Å²) in [6.45, 7) is 2.88. The lowest BCUT2D eigenvalue weighted by Crippen LogP contribution is -2.40. The van der Waals surface area contributed by atoms with Gasteiger partial charge in [0.05, 0.1) is 31.0 Å². The van der Waals surface area contributed by atoms with Gasteiger partial charge in [-0.2, -0.15) is 4.98 Å². The van der Waals surface area contributed by atoms with Gasteiger partial charge in [-0.15, -0.1) is 0 Å². The second-order valence-electron chi connectivity index (χ2n) is 8.44. The van der Waals surface area contributed by atoms with Crippen LogP contribution >= 0.6 is 0 Å². The molecule has 2 saturated heterocycles.